The first-order valence-corrected chi connectivity index (χ1v) is 10.8. The molecule has 32 heavy (non-hydrogen) atoms. The van der Waals surface area contributed by atoms with E-state index >= 15 is 0 Å². The van der Waals surface area contributed by atoms with E-state index in [0.29, 0.717) is 30.0 Å². The van der Waals surface area contributed by atoms with Crippen LogP contribution in [0.1, 0.15) is 18.4 Å². The Bertz CT molecular complexity index is 1110. The zero-order valence-electron chi connectivity index (χ0n) is 16.7. The average molecular weight is 466 g/mol. The van der Waals surface area contributed by atoms with Gasteiger partial charge in [-0.15, -0.1) is 10.2 Å². The minimum absolute atomic E-state index is 0.0920. The molecule has 0 aliphatic carbocycles. The summed E-state index contributed by atoms with van der Waals surface area (Å²) in [6.07, 6.45) is -2.71. The Balaban J connectivity index is 1.43. The Labute approximate surface area is 185 Å². The van der Waals surface area contributed by atoms with Gasteiger partial charge >= 0.3 is 6.18 Å². The molecule has 1 aromatic heterocycles. The van der Waals surface area contributed by atoms with Crippen molar-refractivity contribution in [3.8, 4) is 11.5 Å². The second-order valence-corrected chi connectivity index (χ2v) is 8.07. The lowest BCUT2D eigenvalue weighted by Gasteiger charge is -2.23. The van der Waals surface area contributed by atoms with Gasteiger partial charge in [0.2, 0.25) is 11.8 Å². The molecule has 6 nitrogen and oxygen atoms in total. The van der Waals surface area contributed by atoms with E-state index < -0.39 is 23.5 Å². The Hall–Kier alpha value is -3.08. The summed E-state index contributed by atoms with van der Waals surface area (Å²) in [5.74, 6) is -0.850. The number of thioether (sulfide) groups is 1. The van der Waals surface area contributed by atoms with Crippen LogP contribution in [-0.2, 0) is 11.0 Å². The lowest BCUT2D eigenvalue weighted by molar-refractivity contribution is -0.137. The summed E-state index contributed by atoms with van der Waals surface area (Å²) in [4.78, 5) is 14.3. The van der Waals surface area contributed by atoms with Crippen LogP contribution in [0.25, 0.3) is 11.5 Å². The van der Waals surface area contributed by atoms with E-state index in [4.69, 9.17) is 4.42 Å². The zero-order chi connectivity index (χ0) is 22.7. The summed E-state index contributed by atoms with van der Waals surface area (Å²) in [6, 6.07) is 8.95. The van der Waals surface area contributed by atoms with Gasteiger partial charge in [0.15, 0.2) is 0 Å². The highest BCUT2D eigenvalue weighted by Crippen LogP contribution is 2.37. The van der Waals surface area contributed by atoms with E-state index in [0.717, 1.165) is 36.7 Å². The quantitative estimate of drug-likeness (QED) is 0.397. The first-order valence-electron chi connectivity index (χ1n) is 9.78. The topological polar surface area (TPSA) is 71.3 Å². The van der Waals surface area contributed by atoms with Crippen molar-refractivity contribution in [2.24, 2.45) is 0 Å². The van der Waals surface area contributed by atoms with E-state index in [-0.39, 0.29) is 16.9 Å². The molecule has 1 aliphatic heterocycles. The molecule has 0 bridgehead atoms. The molecule has 11 heteroatoms. The number of aromatic nitrogens is 2. The SMILES string of the molecule is O=C(CSc1nnc(-c2cccc(F)c2)o1)Nc1ccc(C(F)(F)F)cc1N1CCCC1. The predicted molar refractivity (Wildman–Crippen MR) is 112 cm³/mol. The average Bonchev–Trinajstić information content (AvgIpc) is 3.44. The third-order valence-corrected chi connectivity index (χ3v) is 5.67. The zero-order valence-corrected chi connectivity index (χ0v) is 17.5. The van der Waals surface area contributed by atoms with Gasteiger partial charge in [-0.1, -0.05) is 17.8 Å². The minimum atomic E-state index is -4.47. The Morgan fingerprint density at radius 2 is 1.91 bits per heavy atom. The van der Waals surface area contributed by atoms with E-state index in [1.54, 1.807) is 6.07 Å². The molecule has 1 aliphatic rings. The predicted octanol–water partition coefficient (Wildman–Crippen LogP) is 5.23. The van der Waals surface area contributed by atoms with Gasteiger partial charge < -0.3 is 14.6 Å². The third kappa shape index (κ3) is 5.21. The fourth-order valence-corrected chi connectivity index (χ4v) is 3.92. The van der Waals surface area contributed by atoms with Crippen LogP contribution in [0.2, 0.25) is 0 Å². The molecular formula is C21H18F4N4O2S. The molecule has 1 amide bonds. The fourth-order valence-electron chi connectivity index (χ4n) is 3.35. The van der Waals surface area contributed by atoms with Crippen LogP contribution in [-0.4, -0.2) is 34.9 Å². The van der Waals surface area contributed by atoms with Gasteiger partial charge in [0, 0.05) is 18.7 Å². The smallest absolute Gasteiger partial charge is 0.411 e. The normalized spacial score (nSPS) is 14.1. The van der Waals surface area contributed by atoms with E-state index in [1.165, 1.54) is 24.3 Å². The molecule has 2 aromatic carbocycles. The first kappa shape index (κ1) is 22.1. The maximum absolute atomic E-state index is 13.3. The number of nitrogens with one attached hydrogen (secondary N) is 1. The van der Waals surface area contributed by atoms with Crippen molar-refractivity contribution in [1.82, 2.24) is 10.2 Å². The Morgan fingerprint density at radius 3 is 2.62 bits per heavy atom. The number of anilines is 2. The van der Waals surface area contributed by atoms with Crippen molar-refractivity contribution in [3.05, 3.63) is 53.8 Å². The molecule has 168 valence electrons. The number of benzene rings is 2. The van der Waals surface area contributed by atoms with E-state index in [9.17, 15) is 22.4 Å². The molecule has 2 heterocycles. The largest absolute Gasteiger partial charge is 0.416 e. The number of halogens is 4. The summed E-state index contributed by atoms with van der Waals surface area (Å²) >= 11 is 0.973. The van der Waals surface area contributed by atoms with Crippen molar-refractivity contribution in [2.45, 2.75) is 24.2 Å². The van der Waals surface area contributed by atoms with Crippen molar-refractivity contribution < 1.29 is 26.8 Å². The standard InChI is InChI=1S/C21H18F4N4O2S/c22-15-5-3-4-13(10-15)19-27-28-20(31-19)32-12-18(30)26-16-7-6-14(21(23,24)25)11-17(16)29-8-1-2-9-29/h3-7,10-11H,1-2,8-9,12H2,(H,26,30). The number of carbonyl (C=O) groups excluding carboxylic acids is 1. The van der Waals surface area contributed by atoms with Gasteiger partial charge in [-0.05, 0) is 49.2 Å². The van der Waals surface area contributed by atoms with E-state index in [2.05, 4.69) is 15.5 Å². The summed E-state index contributed by atoms with van der Waals surface area (Å²) in [5.41, 5.74) is 0.314. The third-order valence-electron chi connectivity index (χ3n) is 4.85. The molecule has 0 spiro atoms. The monoisotopic (exact) mass is 466 g/mol. The molecule has 1 saturated heterocycles. The lowest BCUT2D eigenvalue weighted by Crippen LogP contribution is -2.22. The summed E-state index contributed by atoms with van der Waals surface area (Å²) in [6.45, 7) is 1.26. The van der Waals surface area contributed by atoms with Crippen LogP contribution in [0.15, 0.2) is 52.1 Å². The maximum Gasteiger partial charge on any atom is 0.416 e. The lowest BCUT2D eigenvalue weighted by atomic mass is 10.1. The highest BCUT2D eigenvalue weighted by atomic mass is 32.2. The van der Waals surface area contributed by atoms with Gasteiger partial charge in [0.25, 0.3) is 5.22 Å². The first-order chi connectivity index (χ1) is 15.3. The Morgan fingerprint density at radius 1 is 1.12 bits per heavy atom. The number of hydrogen-bond donors (Lipinski definition) is 1. The molecule has 3 aromatic rings. The van der Waals surface area contributed by atoms with Gasteiger partial charge in [0.1, 0.15) is 5.82 Å². The molecular weight excluding hydrogens is 448 g/mol. The molecule has 0 atom stereocenters. The molecule has 4 rings (SSSR count). The summed E-state index contributed by atoms with van der Waals surface area (Å²) in [5, 5.41) is 10.5. The Kier molecular flexibility index (Phi) is 6.35. The van der Waals surface area contributed by atoms with Crippen molar-refractivity contribution in [2.75, 3.05) is 29.1 Å². The number of nitrogens with zero attached hydrogens (tertiary/aromatic N) is 3. The van der Waals surface area contributed by atoms with Gasteiger partial charge in [-0.3, -0.25) is 4.79 Å². The molecule has 0 unspecified atom stereocenters. The van der Waals surface area contributed by atoms with E-state index in [1.807, 2.05) is 4.90 Å². The fraction of sp³-hybridized carbons (Fsp3) is 0.286. The molecule has 0 saturated carbocycles. The summed E-state index contributed by atoms with van der Waals surface area (Å²) < 4.78 is 58.2. The number of carbonyl (C=O) groups is 1. The number of rotatable bonds is 6. The molecule has 1 N–H and O–H groups in total. The van der Waals surface area contributed by atoms with Gasteiger partial charge in [0.05, 0.1) is 22.7 Å². The highest BCUT2D eigenvalue weighted by molar-refractivity contribution is 7.99. The molecule has 1 fully saturated rings. The second kappa shape index (κ2) is 9.19. The van der Waals surface area contributed by atoms with Crippen LogP contribution >= 0.6 is 11.8 Å². The number of hydrogen-bond acceptors (Lipinski definition) is 6. The van der Waals surface area contributed by atoms with Gasteiger partial charge in [-0.25, -0.2) is 4.39 Å². The van der Waals surface area contributed by atoms with Crippen LogP contribution in [0.5, 0.6) is 0 Å². The van der Waals surface area contributed by atoms with Crippen LogP contribution in [0, 0.1) is 5.82 Å². The van der Waals surface area contributed by atoms with Crippen molar-refractivity contribution in [1.29, 1.82) is 0 Å². The highest BCUT2D eigenvalue weighted by Gasteiger charge is 2.32. The van der Waals surface area contributed by atoms with Crippen molar-refractivity contribution in [3.63, 3.8) is 0 Å². The number of amides is 1. The second-order valence-electron chi connectivity index (χ2n) is 7.14. The number of alkyl halides is 3. The van der Waals surface area contributed by atoms with Crippen LogP contribution < -0.4 is 10.2 Å². The van der Waals surface area contributed by atoms with Gasteiger partial charge in [-0.2, -0.15) is 13.2 Å². The minimum Gasteiger partial charge on any atom is -0.411 e. The van der Waals surface area contributed by atoms with Crippen LogP contribution in [0.4, 0.5) is 28.9 Å². The van der Waals surface area contributed by atoms with Crippen molar-refractivity contribution >= 4 is 29.0 Å². The summed E-state index contributed by atoms with van der Waals surface area (Å²) in [7, 11) is 0. The molecule has 0 radical (unpaired) electrons. The maximum atomic E-state index is 13.3. The van der Waals surface area contributed by atoms with Crippen LogP contribution in [0.3, 0.4) is 0 Å².